The predicted molar refractivity (Wildman–Crippen MR) is 74.9 cm³/mol. The molecule has 0 saturated carbocycles. The number of esters is 1. The van der Waals surface area contributed by atoms with Crippen LogP contribution in [0.1, 0.15) is 30.9 Å². The van der Waals surface area contributed by atoms with Crippen LogP contribution < -0.4 is 4.90 Å². The van der Waals surface area contributed by atoms with Crippen LogP contribution in [-0.2, 0) is 16.1 Å². The molecule has 1 aromatic rings. The number of ether oxygens (including phenoxy) is 1. The van der Waals surface area contributed by atoms with Gasteiger partial charge < -0.3 is 9.64 Å². The van der Waals surface area contributed by atoms with Crippen LogP contribution >= 0.6 is 0 Å². The average Bonchev–Trinajstić information content (AvgIpc) is 2.42. The average molecular weight is 262 g/mol. The van der Waals surface area contributed by atoms with Crippen LogP contribution in [0.3, 0.4) is 0 Å². The third-order valence-corrected chi connectivity index (χ3v) is 4.01. The number of hydrogen-bond acceptors (Lipinski definition) is 2. The molecular formula is C16H24NO2+. The molecule has 0 unspecified atom stereocenters. The van der Waals surface area contributed by atoms with Crippen molar-refractivity contribution in [3.63, 3.8) is 0 Å². The zero-order valence-electron chi connectivity index (χ0n) is 11.9. The number of hydrogen-bond donors (Lipinski definition) is 1. The first-order chi connectivity index (χ1) is 9.20. The summed E-state index contributed by atoms with van der Waals surface area (Å²) in [7, 11) is 0. The minimum atomic E-state index is -0.00237. The van der Waals surface area contributed by atoms with E-state index in [2.05, 4.69) is 31.2 Å². The molecule has 0 aliphatic carbocycles. The summed E-state index contributed by atoms with van der Waals surface area (Å²) in [6, 6.07) is 8.56. The van der Waals surface area contributed by atoms with E-state index in [9.17, 15) is 4.79 Å². The normalized spacial score (nSPS) is 23.1. The highest BCUT2D eigenvalue weighted by atomic mass is 16.5. The third-order valence-electron chi connectivity index (χ3n) is 4.01. The molecule has 1 aliphatic rings. The van der Waals surface area contributed by atoms with Crippen molar-refractivity contribution in [2.75, 3.05) is 19.7 Å². The van der Waals surface area contributed by atoms with E-state index < -0.39 is 0 Å². The van der Waals surface area contributed by atoms with Crippen molar-refractivity contribution in [2.45, 2.75) is 33.2 Å². The Hall–Kier alpha value is -1.35. The minimum Gasteiger partial charge on any atom is -0.466 e. The van der Waals surface area contributed by atoms with Crippen LogP contribution in [0.25, 0.3) is 0 Å². The van der Waals surface area contributed by atoms with Gasteiger partial charge in [0.15, 0.2) is 0 Å². The molecule has 3 heteroatoms. The monoisotopic (exact) mass is 262 g/mol. The fraction of sp³-hybridized carbons (Fsp3) is 0.562. The SMILES string of the molecule is CCOC(=O)C1CC[NH+](Cc2ccccc2C)CC1. The van der Waals surface area contributed by atoms with Crippen LogP contribution in [-0.4, -0.2) is 25.7 Å². The van der Waals surface area contributed by atoms with Gasteiger partial charge >= 0.3 is 5.97 Å². The summed E-state index contributed by atoms with van der Waals surface area (Å²) in [6.07, 6.45) is 1.92. The van der Waals surface area contributed by atoms with Crippen LogP contribution in [0, 0.1) is 12.8 Å². The number of carbonyl (C=O) groups excluding carboxylic acids is 1. The van der Waals surface area contributed by atoms with Crippen LogP contribution in [0.2, 0.25) is 0 Å². The van der Waals surface area contributed by atoms with Gasteiger partial charge in [0.25, 0.3) is 0 Å². The highest BCUT2D eigenvalue weighted by Gasteiger charge is 2.28. The smallest absolute Gasteiger partial charge is 0.309 e. The molecule has 0 amide bonds. The number of carbonyl (C=O) groups is 1. The second-order valence-electron chi connectivity index (χ2n) is 5.38. The van der Waals surface area contributed by atoms with Gasteiger partial charge in [0.1, 0.15) is 6.54 Å². The molecule has 1 saturated heterocycles. The zero-order chi connectivity index (χ0) is 13.7. The number of likely N-dealkylation sites (tertiary alicyclic amines) is 1. The molecule has 3 nitrogen and oxygen atoms in total. The van der Waals surface area contributed by atoms with E-state index in [1.54, 1.807) is 4.90 Å². The van der Waals surface area contributed by atoms with Gasteiger partial charge in [-0.2, -0.15) is 0 Å². The molecule has 0 aromatic heterocycles. The molecule has 1 aromatic carbocycles. The Balaban J connectivity index is 1.84. The lowest BCUT2D eigenvalue weighted by molar-refractivity contribution is -0.919. The van der Waals surface area contributed by atoms with E-state index in [0.29, 0.717) is 6.61 Å². The summed E-state index contributed by atoms with van der Waals surface area (Å²) >= 11 is 0. The Bertz CT molecular complexity index is 423. The first-order valence-electron chi connectivity index (χ1n) is 7.25. The quantitative estimate of drug-likeness (QED) is 0.831. The van der Waals surface area contributed by atoms with E-state index >= 15 is 0 Å². The molecule has 0 radical (unpaired) electrons. The standard InChI is InChI=1S/C16H23NO2/c1-3-19-16(18)14-8-10-17(11-9-14)12-15-7-5-4-6-13(15)2/h4-7,14H,3,8-12H2,1-2H3/p+1. The van der Waals surface area contributed by atoms with E-state index in [1.165, 1.54) is 11.1 Å². The Kier molecular flexibility index (Phi) is 4.97. The highest BCUT2D eigenvalue weighted by molar-refractivity contribution is 5.72. The molecule has 1 fully saturated rings. The van der Waals surface area contributed by atoms with Crippen molar-refractivity contribution in [2.24, 2.45) is 5.92 Å². The molecule has 0 spiro atoms. The Labute approximate surface area is 115 Å². The van der Waals surface area contributed by atoms with Crippen molar-refractivity contribution in [3.05, 3.63) is 35.4 Å². The first-order valence-corrected chi connectivity index (χ1v) is 7.25. The van der Waals surface area contributed by atoms with Crippen molar-refractivity contribution in [1.82, 2.24) is 0 Å². The fourth-order valence-electron chi connectivity index (χ4n) is 2.78. The number of rotatable bonds is 4. The maximum Gasteiger partial charge on any atom is 0.309 e. The highest BCUT2D eigenvalue weighted by Crippen LogP contribution is 2.12. The number of quaternary nitrogens is 1. The molecule has 1 aliphatic heterocycles. The predicted octanol–water partition coefficient (Wildman–Crippen LogP) is 1.35. The summed E-state index contributed by atoms with van der Waals surface area (Å²) < 4.78 is 5.11. The molecular weight excluding hydrogens is 238 g/mol. The van der Waals surface area contributed by atoms with Gasteiger partial charge in [-0.1, -0.05) is 24.3 Å². The van der Waals surface area contributed by atoms with Gasteiger partial charge in [-0.25, -0.2) is 0 Å². The van der Waals surface area contributed by atoms with Crippen LogP contribution in [0.4, 0.5) is 0 Å². The van der Waals surface area contributed by atoms with E-state index in [4.69, 9.17) is 4.74 Å². The summed E-state index contributed by atoms with van der Waals surface area (Å²) in [5.41, 5.74) is 2.79. The Morgan fingerprint density at radius 2 is 2.00 bits per heavy atom. The number of nitrogens with one attached hydrogen (secondary N) is 1. The molecule has 1 N–H and O–H groups in total. The maximum absolute atomic E-state index is 11.7. The lowest BCUT2D eigenvalue weighted by Gasteiger charge is -2.28. The Morgan fingerprint density at radius 3 is 2.63 bits per heavy atom. The first kappa shape index (κ1) is 14.1. The van der Waals surface area contributed by atoms with Crippen molar-refractivity contribution in [1.29, 1.82) is 0 Å². The van der Waals surface area contributed by atoms with Gasteiger partial charge in [-0.15, -0.1) is 0 Å². The van der Waals surface area contributed by atoms with Crippen molar-refractivity contribution >= 4 is 5.97 Å². The molecule has 0 atom stereocenters. The van der Waals surface area contributed by atoms with E-state index in [-0.39, 0.29) is 11.9 Å². The summed E-state index contributed by atoms with van der Waals surface area (Å²) in [4.78, 5) is 13.3. The van der Waals surface area contributed by atoms with Gasteiger partial charge in [-0.3, -0.25) is 4.79 Å². The molecule has 104 valence electrons. The van der Waals surface area contributed by atoms with Gasteiger partial charge in [0, 0.05) is 18.4 Å². The maximum atomic E-state index is 11.7. The number of benzene rings is 1. The largest absolute Gasteiger partial charge is 0.466 e. The number of piperidine rings is 1. The van der Waals surface area contributed by atoms with Crippen molar-refractivity contribution in [3.8, 4) is 0 Å². The van der Waals surface area contributed by atoms with Gasteiger partial charge in [-0.05, 0) is 19.4 Å². The molecule has 1 heterocycles. The second-order valence-corrected chi connectivity index (χ2v) is 5.38. The Morgan fingerprint density at radius 1 is 1.32 bits per heavy atom. The molecule has 0 bridgehead atoms. The van der Waals surface area contributed by atoms with E-state index in [0.717, 1.165) is 32.5 Å². The van der Waals surface area contributed by atoms with Gasteiger partial charge in [0.2, 0.25) is 0 Å². The van der Waals surface area contributed by atoms with Crippen molar-refractivity contribution < 1.29 is 14.4 Å². The summed E-state index contributed by atoms with van der Waals surface area (Å²) in [5.74, 6) is 0.123. The lowest BCUT2D eigenvalue weighted by Crippen LogP contribution is -3.11. The van der Waals surface area contributed by atoms with Gasteiger partial charge in [0.05, 0.1) is 25.6 Å². The van der Waals surface area contributed by atoms with E-state index in [1.807, 2.05) is 6.92 Å². The summed E-state index contributed by atoms with van der Waals surface area (Å²) in [5, 5.41) is 0. The topological polar surface area (TPSA) is 30.7 Å². The third kappa shape index (κ3) is 3.80. The minimum absolute atomic E-state index is 0.00237. The molecule has 19 heavy (non-hydrogen) atoms. The fourth-order valence-corrected chi connectivity index (χ4v) is 2.78. The van der Waals surface area contributed by atoms with Crippen LogP contribution in [0.15, 0.2) is 24.3 Å². The second kappa shape index (κ2) is 6.71. The number of aryl methyl sites for hydroxylation is 1. The van der Waals surface area contributed by atoms with Crippen LogP contribution in [0.5, 0.6) is 0 Å². The molecule has 2 rings (SSSR count). The lowest BCUT2D eigenvalue weighted by atomic mass is 9.96. The summed E-state index contributed by atoms with van der Waals surface area (Å²) in [6.45, 7) is 7.74. The zero-order valence-corrected chi connectivity index (χ0v) is 11.9.